The minimum absolute atomic E-state index is 0. The molecule has 0 saturated heterocycles. The summed E-state index contributed by atoms with van der Waals surface area (Å²) in [5.41, 5.74) is 0. The maximum Gasteiger partial charge on any atom is 2.00 e. The Morgan fingerprint density at radius 3 is 1.29 bits per heavy atom. The molecule has 0 aliphatic heterocycles. The quantitative estimate of drug-likeness (QED) is 0.269. The van der Waals surface area contributed by atoms with E-state index in [1.165, 1.54) is 0 Å². The van der Waals surface area contributed by atoms with Gasteiger partial charge in [-0.15, -0.1) is 0 Å². The van der Waals surface area contributed by atoms with Gasteiger partial charge in [-0.05, 0) is 0 Å². The van der Waals surface area contributed by atoms with Crippen LogP contribution in [0.2, 0.25) is 0 Å². The van der Waals surface area contributed by atoms with Crippen molar-refractivity contribution in [3.05, 3.63) is 12.2 Å². The molecule has 0 atom stereocenters. The Morgan fingerprint density at radius 1 is 1.07 bits per heavy atom. The summed E-state index contributed by atoms with van der Waals surface area (Å²) in [4.78, 5) is 43.4. The summed E-state index contributed by atoms with van der Waals surface area (Å²) in [6, 6.07) is 0. The first-order valence-electron chi connectivity index (χ1n) is 2.51. The van der Waals surface area contributed by atoms with E-state index in [0.717, 1.165) is 0 Å². The monoisotopic (exact) mass is 252 g/mol. The van der Waals surface area contributed by atoms with Crippen molar-refractivity contribution in [3.63, 3.8) is 0 Å². The predicted octanol–water partition coefficient (Wildman–Crippen LogP) is -2.86. The molecule has 10 heteroatoms. The van der Waals surface area contributed by atoms with Crippen LogP contribution in [-0.4, -0.2) is 64.8 Å². The van der Waals surface area contributed by atoms with Crippen LogP contribution >= 0.6 is 7.82 Å². The van der Waals surface area contributed by atoms with Crippen molar-refractivity contribution in [1.29, 1.82) is 0 Å². The number of carboxylic acid groups (broad SMARTS) is 2. The third kappa shape index (κ3) is 57.7. The zero-order valence-electron chi connectivity index (χ0n) is 6.69. The van der Waals surface area contributed by atoms with Crippen LogP contribution in [0, 0.1) is 0 Å². The predicted molar refractivity (Wildman–Crippen MR) is 40.0 cm³/mol. The van der Waals surface area contributed by atoms with Gasteiger partial charge in [-0.1, -0.05) is 0 Å². The molecule has 0 aliphatic rings. The Labute approximate surface area is 108 Å². The van der Waals surface area contributed by atoms with E-state index in [1.54, 1.807) is 0 Å². The van der Waals surface area contributed by atoms with Crippen LogP contribution in [0.15, 0.2) is 12.2 Å². The normalized spacial score (nSPS) is 9.64. The van der Waals surface area contributed by atoms with Gasteiger partial charge in [-0.25, -0.2) is 9.59 Å². The van der Waals surface area contributed by atoms with Crippen molar-refractivity contribution in [2.45, 2.75) is 0 Å². The first-order valence-corrected chi connectivity index (χ1v) is 4.01. The summed E-state index contributed by atoms with van der Waals surface area (Å²) in [6.45, 7) is 0. The molecule has 76 valence electrons. The van der Waals surface area contributed by atoms with Gasteiger partial charge in [0.15, 0.2) is 0 Å². The van der Waals surface area contributed by atoms with E-state index in [0.29, 0.717) is 12.2 Å². The maximum absolute atomic E-state index is 9.55. The summed E-state index contributed by atoms with van der Waals surface area (Å²) < 4.78 is 8.66. The molecule has 0 bridgehead atoms. The molecular formula is C4H5CaO8P. The van der Waals surface area contributed by atoms with Crippen molar-refractivity contribution in [1.82, 2.24) is 0 Å². The van der Waals surface area contributed by atoms with Crippen LogP contribution in [0.1, 0.15) is 0 Å². The largest absolute Gasteiger partial charge is 2.00 e. The summed E-state index contributed by atoms with van der Waals surface area (Å²) in [6.07, 6.45) is 1.12. The number of carbonyl (C=O) groups is 2. The van der Waals surface area contributed by atoms with Gasteiger partial charge in [0.2, 0.25) is 0 Å². The molecule has 8 nitrogen and oxygen atoms in total. The molecular weight excluding hydrogens is 247 g/mol. The number of hydrogen-bond acceptors (Lipinski definition) is 5. The third-order valence-electron chi connectivity index (χ3n) is 0.368. The number of rotatable bonds is 2. The SMILES string of the molecule is O=C(O)C=CC(=O)O.O=P([O-])([O-])O.[Ca+2]. The molecule has 0 saturated carbocycles. The van der Waals surface area contributed by atoms with E-state index < -0.39 is 19.8 Å². The fourth-order valence-corrected chi connectivity index (χ4v) is 0.143. The molecule has 0 spiro atoms. The molecule has 3 N–H and O–H groups in total. The van der Waals surface area contributed by atoms with Crippen LogP contribution < -0.4 is 9.79 Å². The molecule has 0 radical (unpaired) electrons. The minimum atomic E-state index is -5.14. The van der Waals surface area contributed by atoms with Crippen molar-refractivity contribution in [2.75, 3.05) is 0 Å². The number of hydrogen-bond donors (Lipinski definition) is 3. The minimum Gasteiger partial charge on any atom is -0.790 e. The number of phosphoric acid groups is 1. The van der Waals surface area contributed by atoms with Gasteiger partial charge in [-0.3, -0.25) is 0 Å². The zero-order chi connectivity index (χ0) is 11.1. The van der Waals surface area contributed by atoms with Crippen LogP contribution in [-0.2, 0) is 14.2 Å². The average Bonchev–Trinajstić information content (AvgIpc) is 1.79. The van der Waals surface area contributed by atoms with E-state index in [-0.39, 0.29) is 37.7 Å². The molecule has 0 aliphatic carbocycles. The van der Waals surface area contributed by atoms with E-state index in [9.17, 15) is 9.59 Å². The second-order valence-electron chi connectivity index (χ2n) is 1.48. The van der Waals surface area contributed by atoms with Crippen LogP contribution in [0.5, 0.6) is 0 Å². The van der Waals surface area contributed by atoms with Gasteiger partial charge in [-0.2, -0.15) is 0 Å². The summed E-state index contributed by atoms with van der Waals surface area (Å²) in [7, 11) is -5.14. The number of aliphatic carboxylic acids is 2. The van der Waals surface area contributed by atoms with Crippen LogP contribution in [0.25, 0.3) is 0 Å². The molecule has 0 fully saturated rings. The van der Waals surface area contributed by atoms with E-state index in [2.05, 4.69) is 0 Å². The molecule has 0 aromatic rings. The zero-order valence-corrected chi connectivity index (χ0v) is 9.79. The van der Waals surface area contributed by atoms with Crippen molar-refractivity contribution < 1.29 is 39.0 Å². The Balaban J connectivity index is -0.000000177. The van der Waals surface area contributed by atoms with Crippen molar-refractivity contribution in [2.24, 2.45) is 0 Å². The van der Waals surface area contributed by atoms with E-state index >= 15 is 0 Å². The third-order valence-corrected chi connectivity index (χ3v) is 0.368. The fourth-order valence-electron chi connectivity index (χ4n) is 0.143. The summed E-state index contributed by atoms with van der Waals surface area (Å²) in [5.74, 6) is -2.51. The Kier molecular flexibility index (Phi) is 13.4. The molecule has 0 heterocycles. The first kappa shape index (κ1) is 19.6. The maximum atomic E-state index is 9.55. The topological polar surface area (TPSA) is 158 Å². The standard InChI is InChI=1S/C4H4O4.Ca.H3O4P/c5-3(6)1-2-4(7)8;;1-5(2,3)4/h1-2H,(H,5,6)(H,7,8);;(H3,1,2,3,4)/q;+2;/p-2. The van der Waals surface area contributed by atoms with Gasteiger partial charge in [0, 0.05) is 12.2 Å². The van der Waals surface area contributed by atoms with Crippen molar-refractivity contribution >= 4 is 57.5 Å². The Bertz CT molecular complexity index is 230. The molecule has 0 aromatic carbocycles. The molecule has 0 amide bonds. The second-order valence-corrected chi connectivity index (χ2v) is 2.42. The smallest absolute Gasteiger partial charge is 0.790 e. The Hall–Kier alpha value is 0.0497. The van der Waals surface area contributed by atoms with E-state index in [1.807, 2.05) is 0 Å². The first-order chi connectivity index (χ1) is 5.63. The van der Waals surface area contributed by atoms with Gasteiger partial charge in [0.25, 0.3) is 0 Å². The fraction of sp³-hybridized carbons (Fsp3) is 0. The average molecular weight is 252 g/mol. The molecule has 0 aromatic heterocycles. The second kappa shape index (κ2) is 9.60. The van der Waals surface area contributed by atoms with Gasteiger partial charge >= 0.3 is 49.7 Å². The Morgan fingerprint density at radius 2 is 1.21 bits per heavy atom. The van der Waals surface area contributed by atoms with Crippen LogP contribution in [0.3, 0.4) is 0 Å². The molecule has 0 rings (SSSR count). The van der Waals surface area contributed by atoms with Crippen molar-refractivity contribution in [3.8, 4) is 0 Å². The van der Waals surface area contributed by atoms with Gasteiger partial charge in [0.1, 0.15) is 0 Å². The summed E-state index contributed by atoms with van der Waals surface area (Å²) in [5, 5.41) is 15.6. The van der Waals surface area contributed by atoms with E-state index in [4.69, 9.17) is 29.5 Å². The summed E-state index contributed by atoms with van der Waals surface area (Å²) >= 11 is 0. The van der Waals surface area contributed by atoms with Gasteiger partial charge < -0.3 is 29.5 Å². The molecule has 14 heavy (non-hydrogen) atoms. The van der Waals surface area contributed by atoms with Crippen LogP contribution in [0.4, 0.5) is 0 Å². The number of carboxylic acids is 2. The molecule has 0 unspecified atom stereocenters. The van der Waals surface area contributed by atoms with Gasteiger partial charge in [0.05, 0.1) is 7.82 Å².